The Morgan fingerprint density at radius 1 is 1.05 bits per heavy atom. The molecule has 3 nitrogen and oxygen atoms in total. The average molecular weight is 297 g/mol. The Hall–Kier alpha value is -1.95. The molecule has 0 bridgehead atoms. The molecule has 2 aromatic rings. The number of alkyl halides is 3. The number of morpholine rings is 1. The number of benzene rings is 1. The Morgan fingerprint density at radius 2 is 1.81 bits per heavy atom. The number of halogens is 3. The molecular formula is C15H14F3NO2. The lowest BCUT2D eigenvalue weighted by atomic mass is 10.0. The zero-order valence-electron chi connectivity index (χ0n) is 11.2. The van der Waals surface area contributed by atoms with Gasteiger partial charge >= 0.3 is 6.18 Å². The van der Waals surface area contributed by atoms with E-state index in [1.54, 1.807) is 12.1 Å². The van der Waals surface area contributed by atoms with Gasteiger partial charge in [-0.3, -0.25) is 0 Å². The van der Waals surface area contributed by atoms with Crippen LogP contribution >= 0.6 is 0 Å². The zero-order chi connectivity index (χ0) is 14.9. The van der Waals surface area contributed by atoms with Gasteiger partial charge in [-0.15, -0.1) is 0 Å². The highest BCUT2D eigenvalue weighted by molar-refractivity contribution is 5.67. The second kappa shape index (κ2) is 5.44. The van der Waals surface area contributed by atoms with Crippen molar-refractivity contribution in [3.05, 3.63) is 42.2 Å². The van der Waals surface area contributed by atoms with Crippen LogP contribution < -0.4 is 4.90 Å². The number of furan rings is 1. The fraction of sp³-hybridized carbons (Fsp3) is 0.333. The van der Waals surface area contributed by atoms with Crippen molar-refractivity contribution in [2.75, 3.05) is 31.2 Å². The minimum Gasteiger partial charge on any atom is -0.464 e. The van der Waals surface area contributed by atoms with Crippen LogP contribution in [0.5, 0.6) is 0 Å². The fourth-order valence-corrected chi connectivity index (χ4v) is 2.43. The van der Waals surface area contributed by atoms with Crippen LogP contribution in [0.1, 0.15) is 5.56 Å². The third-order valence-corrected chi connectivity index (χ3v) is 3.47. The van der Waals surface area contributed by atoms with E-state index in [-0.39, 0.29) is 11.3 Å². The number of hydrogen-bond donors (Lipinski definition) is 0. The number of anilines is 1. The molecule has 0 atom stereocenters. The Balaban J connectivity index is 2.03. The van der Waals surface area contributed by atoms with Crippen molar-refractivity contribution in [3.63, 3.8) is 0 Å². The van der Waals surface area contributed by atoms with E-state index in [0.717, 1.165) is 0 Å². The number of ether oxygens (including phenoxy) is 1. The summed E-state index contributed by atoms with van der Waals surface area (Å²) in [7, 11) is 0. The Morgan fingerprint density at radius 3 is 2.43 bits per heavy atom. The SMILES string of the molecule is FC(F)(F)c1cc(N2CCOCC2)ccc1-c1ccco1. The van der Waals surface area contributed by atoms with Gasteiger partial charge < -0.3 is 14.1 Å². The van der Waals surface area contributed by atoms with Crippen LogP contribution in [0.3, 0.4) is 0 Å². The molecule has 0 amide bonds. The molecule has 0 spiro atoms. The molecule has 1 aromatic heterocycles. The largest absolute Gasteiger partial charge is 0.464 e. The standard InChI is InChI=1S/C15H14F3NO2/c16-15(17,18)13-10-11(19-5-8-20-9-6-19)3-4-12(13)14-2-1-7-21-14/h1-4,7,10H,5-6,8-9H2. The van der Waals surface area contributed by atoms with Gasteiger partial charge in [-0.25, -0.2) is 0 Å². The summed E-state index contributed by atoms with van der Waals surface area (Å²) in [6.45, 7) is 2.25. The van der Waals surface area contributed by atoms with Crippen LogP contribution in [-0.2, 0) is 10.9 Å². The molecule has 1 aliphatic rings. The lowest BCUT2D eigenvalue weighted by Crippen LogP contribution is -2.36. The van der Waals surface area contributed by atoms with Gasteiger partial charge in [-0.1, -0.05) is 0 Å². The van der Waals surface area contributed by atoms with Gasteiger partial charge in [0.25, 0.3) is 0 Å². The number of hydrogen-bond acceptors (Lipinski definition) is 3. The molecule has 0 radical (unpaired) electrons. The maximum absolute atomic E-state index is 13.3. The van der Waals surface area contributed by atoms with Crippen LogP contribution in [0.25, 0.3) is 11.3 Å². The maximum atomic E-state index is 13.3. The quantitative estimate of drug-likeness (QED) is 0.843. The summed E-state index contributed by atoms with van der Waals surface area (Å²) in [6.07, 6.45) is -3.06. The fourth-order valence-electron chi connectivity index (χ4n) is 2.43. The molecule has 1 fully saturated rings. The van der Waals surface area contributed by atoms with Crippen molar-refractivity contribution >= 4 is 5.69 Å². The smallest absolute Gasteiger partial charge is 0.417 e. The zero-order valence-corrected chi connectivity index (χ0v) is 11.2. The molecule has 1 saturated heterocycles. The second-order valence-electron chi connectivity index (χ2n) is 4.80. The van der Waals surface area contributed by atoms with Gasteiger partial charge in [-0.2, -0.15) is 13.2 Å². The van der Waals surface area contributed by atoms with Gasteiger partial charge in [-0.05, 0) is 30.3 Å². The van der Waals surface area contributed by atoms with E-state index < -0.39 is 11.7 Å². The minimum atomic E-state index is -4.43. The highest BCUT2D eigenvalue weighted by Gasteiger charge is 2.35. The first-order valence-corrected chi connectivity index (χ1v) is 6.63. The van der Waals surface area contributed by atoms with Crippen LogP contribution in [0.15, 0.2) is 41.0 Å². The van der Waals surface area contributed by atoms with Crippen molar-refractivity contribution in [2.45, 2.75) is 6.18 Å². The molecule has 21 heavy (non-hydrogen) atoms. The molecule has 3 rings (SSSR count). The normalized spacial score (nSPS) is 16.2. The van der Waals surface area contributed by atoms with Crippen molar-refractivity contribution in [2.24, 2.45) is 0 Å². The third-order valence-electron chi connectivity index (χ3n) is 3.47. The maximum Gasteiger partial charge on any atom is 0.417 e. The minimum absolute atomic E-state index is 0.0597. The first kappa shape index (κ1) is 14.0. The summed E-state index contributed by atoms with van der Waals surface area (Å²) in [4.78, 5) is 1.89. The molecule has 0 saturated carbocycles. The summed E-state index contributed by atoms with van der Waals surface area (Å²) in [5, 5.41) is 0. The van der Waals surface area contributed by atoms with Crippen LogP contribution in [0.4, 0.5) is 18.9 Å². The predicted molar refractivity (Wildman–Crippen MR) is 72.2 cm³/mol. The van der Waals surface area contributed by atoms with E-state index in [2.05, 4.69) is 0 Å². The second-order valence-corrected chi connectivity index (χ2v) is 4.80. The van der Waals surface area contributed by atoms with Crippen molar-refractivity contribution in [3.8, 4) is 11.3 Å². The first-order valence-electron chi connectivity index (χ1n) is 6.63. The van der Waals surface area contributed by atoms with E-state index in [4.69, 9.17) is 9.15 Å². The van der Waals surface area contributed by atoms with E-state index in [0.29, 0.717) is 32.0 Å². The molecule has 1 aliphatic heterocycles. The van der Waals surface area contributed by atoms with Gasteiger partial charge in [0, 0.05) is 24.3 Å². The molecule has 0 aliphatic carbocycles. The lowest BCUT2D eigenvalue weighted by Gasteiger charge is -2.29. The van der Waals surface area contributed by atoms with Crippen molar-refractivity contribution in [1.29, 1.82) is 0 Å². The van der Waals surface area contributed by atoms with Gasteiger partial charge in [0.1, 0.15) is 5.76 Å². The van der Waals surface area contributed by atoms with Crippen LogP contribution in [-0.4, -0.2) is 26.3 Å². The van der Waals surface area contributed by atoms with Crippen LogP contribution in [0, 0.1) is 0 Å². The van der Waals surface area contributed by atoms with Crippen molar-refractivity contribution in [1.82, 2.24) is 0 Å². The third kappa shape index (κ3) is 2.90. The highest BCUT2D eigenvalue weighted by Crippen LogP contribution is 2.39. The molecule has 0 N–H and O–H groups in total. The Kier molecular flexibility index (Phi) is 3.63. The summed E-state index contributed by atoms with van der Waals surface area (Å²) < 4.78 is 50.2. The van der Waals surface area contributed by atoms with E-state index in [1.165, 1.54) is 24.5 Å². The number of rotatable bonds is 2. The highest BCUT2D eigenvalue weighted by atomic mass is 19.4. The molecule has 1 aromatic carbocycles. The van der Waals surface area contributed by atoms with E-state index in [1.807, 2.05) is 4.90 Å². The monoisotopic (exact) mass is 297 g/mol. The van der Waals surface area contributed by atoms with Gasteiger partial charge in [0.05, 0.1) is 25.0 Å². The molecule has 112 valence electrons. The molecular weight excluding hydrogens is 283 g/mol. The van der Waals surface area contributed by atoms with E-state index in [9.17, 15) is 13.2 Å². The Bertz CT molecular complexity index is 602. The van der Waals surface area contributed by atoms with Crippen LogP contribution in [0.2, 0.25) is 0 Å². The van der Waals surface area contributed by atoms with Gasteiger partial charge in [0.2, 0.25) is 0 Å². The molecule has 0 unspecified atom stereocenters. The summed E-state index contributed by atoms with van der Waals surface area (Å²) in [5.74, 6) is 0.218. The summed E-state index contributed by atoms with van der Waals surface area (Å²) >= 11 is 0. The summed E-state index contributed by atoms with van der Waals surface area (Å²) in [5.41, 5.74) is -0.0631. The van der Waals surface area contributed by atoms with Crippen molar-refractivity contribution < 1.29 is 22.3 Å². The lowest BCUT2D eigenvalue weighted by molar-refractivity contribution is -0.137. The summed E-state index contributed by atoms with van der Waals surface area (Å²) in [6, 6.07) is 7.44. The number of nitrogens with zero attached hydrogens (tertiary/aromatic N) is 1. The molecule has 2 heterocycles. The average Bonchev–Trinajstić information content (AvgIpc) is 3.01. The Labute approximate surface area is 119 Å². The topological polar surface area (TPSA) is 25.6 Å². The van der Waals surface area contributed by atoms with E-state index >= 15 is 0 Å². The van der Waals surface area contributed by atoms with Gasteiger partial charge in [0.15, 0.2) is 0 Å². The molecule has 6 heteroatoms. The predicted octanol–water partition coefficient (Wildman–Crippen LogP) is 3.80. The first-order chi connectivity index (χ1) is 10.1.